The predicted octanol–water partition coefficient (Wildman–Crippen LogP) is 3.73. The van der Waals surface area contributed by atoms with Gasteiger partial charge in [-0.2, -0.15) is 5.10 Å². The minimum Gasteiger partial charge on any atom is -0.506 e. The van der Waals surface area contributed by atoms with Gasteiger partial charge in [-0.3, -0.25) is 15.1 Å². The minimum atomic E-state index is -0.833. The number of carboxylic acids is 1. The van der Waals surface area contributed by atoms with E-state index in [2.05, 4.69) is 10.5 Å². The second-order valence-corrected chi connectivity index (χ2v) is 8.81. The third-order valence-electron chi connectivity index (χ3n) is 4.67. The lowest BCUT2D eigenvalue weighted by Gasteiger charge is -2.34. The van der Waals surface area contributed by atoms with Gasteiger partial charge in [-0.25, -0.2) is 0 Å². The highest BCUT2D eigenvalue weighted by Crippen LogP contribution is 2.40. The van der Waals surface area contributed by atoms with Gasteiger partial charge in [0.1, 0.15) is 5.75 Å². The van der Waals surface area contributed by atoms with Crippen LogP contribution in [-0.2, 0) is 4.79 Å². The highest BCUT2D eigenvalue weighted by Gasteiger charge is 2.20. The van der Waals surface area contributed by atoms with Crippen LogP contribution in [0.25, 0.3) is 10.4 Å². The average molecular weight is 487 g/mol. The van der Waals surface area contributed by atoms with Crippen LogP contribution in [0, 0.1) is 0 Å². The summed E-state index contributed by atoms with van der Waals surface area (Å²) in [6, 6.07) is 5.20. The van der Waals surface area contributed by atoms with Gasteiger partial charge in [0.25, 0.3) is 0 Å². The Balaban J connectivity index is 1.63. The number of carboxylic acid groups (broad SMARTS) is 1. The summed E-state index contributed by atoms with van der Waals surface area (Å²) in [5, 5.41) is 27.0. The average Bonchev–Trinajstić information content (AvgIpc) is 3.09. The standard InChI is InChI=1S/C19H20Cl2N4O3S2/c1-11(22-23-19(29)25-6-4-24(5-7-25)9-16(26)27)13-10-30-18(17(13)28)12-2-3-14(20)15(21)8-12/h2-3,8,10,28H,4-7,9H2,1H3,(H,23,29)(H,26,27)/b22-11-. The van der Waals surface area contributed by atoms with Gasteiger partial charge in [-0.05, 0) is 36.8 Å². The first-order valence-corrected chi connectivity index (χ1v) is 11.1. The topological polar surface area (TPSA) is 88.4 Å². The molecule has 1 saturated heterocycles. The summed E-state index contributed by atoms with van der Waals surface area (Å²) in [7, 11) is 0. The van der Waals surface area contributed by atoms with Crippen LogP contribution in [0.3, 0.4) is 0 Å². The van der Waals surface area contributed by atoms with E-state index in [1.165, 1.54) is 11.3 Å². The van der Waals surface area contributed by atoms with Crippen LogP contribution < -0.4 is 5.43 Å². The number of benzene rings is 1. The summed E-state index contributed by atoms with van der Waals surface area (Å²) < 4.78 is 0. The molecule has 1 aliphatic heterocycles. The van der Waals surface area contributed by atoms with E-state index in [0.717, 1.165) is 5.56 Å². The van der Waals surface area contributed by atoms with Crippen LogP contribution in [0.2, 0.25) is 10.0 Å². The van der Waals surface area contributed by atoms with E-state index in [9.17, 15) is 9.90 Å². The SMILES string of the molecule is C/C(=N/NC(=S)N1CCN(CC(=O)O)CC1)c1csc(-c2ccc(Cl)c(Cl)c2)c1O. The number of carbonyl (C=O) groups is 1. The second-order valence-electron chi connectivity index (χ2n) is 6.73. The van der Waals surface area contributed by atoms with Crippen molar-refractivity contribution in [3.05, 3.63) is 39.2 Å². The zero-order valence-corrected chi connectivity index (χ0v) is 19.2. The minimum absolute atomic E-state index is 0.0316. The Hall–Kier alpha value is -1.91. The highest BCUT2D eigenvalue weighted by atomic mass is 35.5. The molecule has 0 amide bonds. The first kappa shape index (κ1) is 22.8. The molecule has 1 aliphatic rings. The maximum Gasteiger partial charge on any atom is 0.317 e. The normalized spacial score (nSPS) is 15.3. The van der Waals surface area contributed by atoms with Crippen LogP contribution >= 0.6 is 46.8 Å². The smallest absolute Gasteiger partial charge is 0.317 e. The molecule has 3 rings (SSSR count). The molecule has 0 saturated carbocycles. The zero-order chi connectivity index (χ0) is 21.8. The van der Waals surface area contributed by atoms with Gasteiger partial charge in [-0.15, -0.1) is 11.3 Å². The molecule has 30 heavy (non-hydrogen) atoms. The first-order chi connectivity index (χ1) is 14.3. The van der Waals surface area contributed by atoms with E-state index in [4.69, 9.17) is 40.5 Å². The van der Waals surface area contributed by atoms with E-state index in [1.54, 1.807) is 25.1 Å². The molecule has 0 spiro atoms. The quantitative estimate of drug-likeness (QED) is 0.337. The van der Waals surface area contributed by atoms with Crippen LogP contribution in [0.5, 0.6) is 5.75 Å². The van der Waals surface area contributed by atoms with Crippen molar-refractivity contribution in [2.24, 2.45) is 5.10 Å². The van der Waals surface area contributed by atoms with Crippen LogP contribution in [0.15, 0.2) is 28.7 Å². The van der Waals surface area contributed by atoms with Crippen molar-refractivity contribution in [3.63, 3.8) is 0 Å². The van der Waals surface area contributed by atoms with Gasteiger partial charge in [0.05, 0.1) is 32.7 Å². The molecule has 2 aromatic rings. The number of halogens is 2. The number of nitrogens with zero attached hydrogens (tertiary/aromatic N) is 3. The maximum atomic E-state index is 10.8. The maximum absolute atomic E-state index is 10.8. The predicted molar refractivity (Wildman–Crippen MR) is 125 cm³/mol. The number of rotatable bonds is 5. The molecule has 0 bridgehead atoms. The van der Waals surface area contributed by atoms with Crippen molar-refractivity contribution in [1.82, 2.24) is 15.2 Å². The lowest BCUT2D eigenvalue weighted by Crippen LogP contribution is -2.51. The fourth-order valence-electron chi connectivity index (χ4n) is 3.01. The number of hydrazone groups is 1. The Morgan fingerprint density at radius 3 is 2.60 bits per heavy atom. The van der Waals surface area contributed by atoms with Gasteiger partial charge < -0.3 is 15.1 Å². The molecule has 0 radical (unpaired) electrons. The zero-order valence-electron chi connectivity index (χ0n) is 16.1. The van der Waals surface area contributed by atoms with Gasteiger partial charge >= 0.3 is 5.97 Å². The number of thiocarbonyl (C=S) groups is 1. The largest absolute Gasteiger partial charge is 0.506 e. The number of piperazine rings is 1. The molecule has 1 aromatic carbocycles. The van der Waals surface area contributed by atoms with E-state index in [1.807, 2.05) is 15.2 Å². The summed E-state index contributed by atoms with van der Waals surface area (Å²) in [4.78, 5) is 15.3. The third kappa shape index (κ3) is 5.41. The van der Waals surface area contributed by atoms with Crippen LogP contribution in [-0.4, -0.2) is 69.5 Å². The summed E-state index contributed by atoms with van der Waals surface area (Å²) in [6.07, 6.45) is 0. The Morgan fingerprint density at radius 1 is 1.27 bits per heavy atom. The fourth-order valence-corrected chi connectivity index (χ4v) is 4.54. The summed E-state index contributed by atoms with van der Waals surface area (Å²) in [5.41, 5.74) is 4.82. The van der Waals surface area contributed by atoms with E-state index < -0.39 is 5.97 Å². The molecular weight excluding hydrogens is 467 g/mol. The van der Waals surface area contributed by atoms with Gasteiger partial charge in [0.15, 0.2) is 5.11 Å². The molecule has 0 aliphatic carbocycles. The van der Waals surface area contributed by atoms with Crippen molar-refractivity contribution < 1.29 is 15.0 Å². The summed E-state index contributed by atoms with van der Waals surface area (Å²) in [6.45, 7) is 4.30. The first-order valence-electron chi connectivity index (χ1n) is 9.06. The Labute approximate surface area is 193 Å². The molecule has 3 N–H and O–H groups in total. The summed E-state index contributed by atoms with van der Waals surface area (Å²) >= 11 is 18.8. The van der Waals surface area contributed by atoms with Crippen LogP contribution in [0.1, 0.15) is 12.5 Å². The van der Waals surface area contributed by atoms with Crippen molar-refractivity contribution in [1.29, 1.82) is 0 Å². The molecule has 7 nitrogen and oxygen atoms in total. The van der Waals surface area contributed by atoms with Crippen molar-refractivity contribution in [2.75, 3.05) is 32.7 Å². The highest BCUT2D eigenvalue weighted by molar-refractivity contribution is 7.80. The van der Waals surface area contributed by atoms with Crippen molar-refractivity contribution in [3.8, 4) is 16.2 Å². The van der Waals surface area contributed by atoms with E-state index in [0.29, 0.717) is 57.5 Å². The van der Waals surface area contributed by atoms with Crippen LogP contribution in [0.4, 0.5) is 0 Å². The fraction of sp³-hybridized carbons (Fsp3) is 0.316. The second kappa shape index (κ2) is 9.93. The lowest BCUT2D eigenvalue weighted by atomic mass is 10.1. The molecular formula is C19H20Cl2N4O3S2. The number of hydrogen-bond acceptors (Lipinski definition) is 6. The molecule has 11 heteroatoms. The Bertz CT molecular complexity index is 988. The molecule has 2 heterocycles. The summed E-state index contributed by atoms with van der Waals surface area (Å²) in [5.74, 6) is -0.713. The number of hydrogen-bond donors (Lipinski definition) is 3. The third-order valence-corrected chi connectivity index (χ3v) is 6.78. The van der Waals surface area contributed by atoms with E-state index in [-0.39, 0.29) is 12.3 Å². The molecule has 160 valence electrons. The van der Waals surface area contributed by atoms with Crippen molar-refractivity contribution in [2.45, 2.75) is 6.92 Å². The molecule has 0 unspecified atom stereocenters. The molecule has 0 atom stereocenters. The number of aromatic hydroxyl groups is 1. The Morgan fingerprint density at radius 2 is 1.97 bits per heavy atom. The van der Waals surface area contributed by atoms with Gasteiger partial charge in [0.2, 0.25) is 0 Å². The van der Waals surface area contributed by atoms with Crippen molar-refractivity contribution >= 4 is 63.5 Å². The Kier molecular flexibility index (Phi) is 7.54. The number of nitrogens with one attached hydrogen (secondary N) is 1. The monoisotopic (exact) mass is 486 g/mol. The molecule has 1 aromatic heterocycles. The number of aliphatic carboxylic acids is 1. The van der Waals surface area contributed by atoms with Gasteiger partial charge in [0, 0.05) is 31.6 Å². The van der Waals surface area contributed by atoms with Gasteiger partial charge in [-0.1, -0.05) is 29.3 Å². The number of thiophene rings is 1. The van der Waals surface area contributed by atoms with E-state index >= 15 is 0 Å². The lowest BCUT2D eigenvalue weighted by molar-refractivity contribution is -0.138. The molecule has 1 fully saturated rings.